The van der Waals surface area contributed by atoms with Gasteiger partial charge in [-0.25, -0.2) is 0 Å². The van der Waals surface area contributed by atoms with Crippen LogP contribution in [0.1, 0.15) is 13.8 Å². The van der Waals surface area contributed by atoms with Gasteiger partial charge in [-0.2, -0.15) is 0 Å². The quantitative estimate of drug-likeness (QED) is 0.502. The Morgan fingerprint density at radius 3 is 2.33 bits per heavy atom. The molecule has 0 aliphatic carbocycles. The second-order valence-electron chi connectivity index (χ2n) is 4.30. The molecule has 2 saturated heterocycles. The highest BCUT2D eigenvalue weighted by atomic mass is 16.8. The van der Waals surface area contributed by atoms with Gasteiger partial charge in [0.25, 0.3) is 0 Å². The molecule has 2 heterocycles. The van der Waals surface area contributed by atoms with Gasteiger partial charge in [-0.05, 0) is 13.8 Å². The molecule has 0 aromatic heterocycles. The van der Waals surface area contributed by atoms with E-state index < -0.39 is 36.5 Å². The Bertz CT molecular complexity index is 243. The summed E-state index contributed by atoms with van der Waals surface area (Å²) in [6.45, 7) is 3.02. The molecule has 2 aliphatic heterocycles. The average Bonchev–Trinajstić information content (AvgIpc) is 2.48. The lowest BCUT2D eigenvalue weighted by molar-refractivity contribution is -0.262. The molecule has 6 heteroatoms. The van der Waals surface area contributed by atoms with Crippen molar-refractivity contribution in [2.45, 2.75) is 50.3 Å². The van der Waals surface area contributed by atoms with Gasteiger partial charge in [0, 0.05) is 0 Å². The number of aliphatic hydroxyl groups is 3. The molecule has 0 spiro atoms. The molecule has 0 saturated carbocycles. The standard InChI is InChI=1S/C9H16O6/c1-9(2)14-6-5(11)4(3-10)13-8(12)7(6)15-9/h4-8,10-12H,3H2,1-2H3/t4-,5-,6+,7+,8?/m1/s1. The van der Waals surface area contributed by atoms with Crippen molar-refractivity contribution in [3.63, 3.8) is 0 Å². The molecule has 5 atom stereocenters. The number of ether oxygens (including phenoxy) is 3. The number of aliphatic hydroxyl groups excluding tert-OH is 3. The summed E-state index contributed by atoms with van der Waals surface area (Å²) >= 11 is 0. The minimum Gasteiger partial charge on any atom is -0.394 e. The maximum atomic E-state index is 9.79. The molecule has 0 aromatic rings. The van der Waals surface area contributed by atoms with Crippen molar-refractivity contribution in [2.24, 2.45) is 0 Å². The van der Waals surface area contributed by atoms with Gasteiger partial charge in [0.05, 0.1) is 6.61 Å². The molecular weight excluding hydrogens is 204 g/mol. The molecule has 2 fully saturated rings. The van der Waals surface area contributed by atoms with Crippen molar-refractivity contribution in [3.8, 4) is 0 Å². The highest BCUT2D eigenvalue weighted by molar-refractivity contribution is 4.95. The maximum Gasteiger partial charge on any atom is 0.184 e. The van der Waals surface area contributed by atoms with Crippen molar-refractivity contribution >= 4 is 0 Å². The lowest BCUT2D eigenvalue weighted by Crippen LogP contribution is -2.57. The summed E-state index contributed by atoms with van der Waals surface area (Å²) in [5, 5.41) is 28.3. The van der Waals surface area contributed by atoms with Gasteiger partial charge in [-0.1, -0.05) is 0 Å². The summed E-state index contributed by atoms with van der Waals surface area (Å²) in [5.41, 5.74) is 0. The Morgan fingerprint density at radius 2 is 1.73 bits per heavy atom. The molecule has 0 radical (unpaired) electrons. The SMILES string of the molecule is CC1(C)O[C@H]2[C@H](O)[C@@H](CO)OC(O)[C@H]2O1. The summed E-state index contributed by atoms with van der Waals surface area (Å²) in [4.78, 5) is 0. The fourth-order valence-corrected chi connectivity index (χ4v) is 2.00. The van der Waals surface area contributed by atoms with Gasteiger partial charge < -0.3 is 29.5 Å². The van der Waals surface area contributed by atoms with E-state index in [0.717, 1.165) is 0 Å². The molecule has 2 rings (SSSR count). The van der Waals surface area contributed by atoms with Crippen LogP contribution in [-0.4, -0.2) is 58.4 Å². The van der Waals surface area contributed by atoms with E-state index in [2.05, 4.69) is 0 Å². The van der Waals surface area contributed by atoms with Crippen LogP contribution in [0.3, 0.4) is 0 Å². The molecule has 0 amide bonds. The summed E-state index contributed by atoms with van der Waals surface area (Å²) in [5.74, 6) is -0.856. The van der Waals surface area contributed by atoms with E-state index in [0.29, 0.717) is 0 Å². The zero-order chi connectivity index (χ0) is 11.2. The first-order valence-electron chi connectivity index (χ1n) is 4.93. The summed E-state index contributed by atoms with van der Waals surface area (Å²) in [6.07, 6.45) is -4.39. The Kier molecular flexibility index (Phi) is 2.74. The third kappa shape index (κ3) is 1.89. The Hall–Kier alpha value is -0.240. The number of hydrogen-bond donors (Lipinski definition) is 3. The molecular formula is C9H16O6. The van der Waals surface area contributed by atoms with Crippen LogP contribution < -0.4 is 0 Å². The van der Waals surface area contributed by atoms with Gasteiger partial charge in [0.1, 0.15) is 24.4 Å². The molecule has 88 valence electrons. The summed E-state index contributed by atoms with van der Waals surface area (Å²) < 4.78 is 15.8. The van der Waals surface area contributed by atoms with E-state index in [1.807, 2.05) is 0 Å². The largest absolute Gasteiger partial charge is 0.394 e. The first-order valence-corrected chi connectivity index (χ1v) is 4.93. The summed E-state index contributed by atoms with van der Waals surface area (Å²) in [6, 6.07) is 0. The number of fused-ring (bicyclic) bond motifs is 1. The number of rotatable bonds is 1. The van der Waals surface area contributed by atoms with E-state index in [9.17, 15) is 10.2 Å². The second-order valence-corrected chi connectivity index (χ2v) is 4.30. The molecule has 0 aromatic carbocycles. The van der Waals surface area contributed by atoms with Crippen LogP contribution in [0.5, 0.6) is 0 Å². The fraction of sp³-hybridized carbons (Fsp3) is 1.00. The average molecular weight is 220 g/mol. The van der Waals surface area contributed by atoms with Crippen molar-refractivity contribution in [3.05, 3.63) is 0 Å². The Balaban J connectivity index is 2.16. The zero-order valence-electron chi connectivity index (χ0n) is 8.66. The van der Waals surface area contributed by atoms with Crippen LogP contribution in [0.4, 0.5) is 0 Å². The molecule has 6 nitrogen and oxygen atoms in total. The van der Waals surface area contributed by atoms with Crippen LogP contribution in [0.15, 0.2) is 0 Å². The van der Waals surface area contributed by atoms with Crippen molar-refractivity contribution in [1.82, 2.24) is 0 Å². The lowest BCUT2D eigenvalue weighted by Gasteiger charge is -2.36. The van der Waals surface area contributed by atoms with Crippen LogP contribution >= 0.6 is 0 Å². The maximum absolute atomic E-state index is 9.79. The predicted octanol–water partition coefficient (Wildman–Crippen LogP) is -1.42. The number of hydrogen-bond acceptors (Lipinski definition) is 6. The van der Waals surface area contributed by atoms with Crippen molar-refractivity contribution in [2.75, 3.05) is 6.61 Å². The molecule has 1 unspecified atom stereocenters. The molecule has 2 aliphatic rings. The van der Waals surface area contributed by atoms with Crippen LogP contribution in [0, 0.1) is 0 Å². The van der Waals surface area contributed by atoms with Crippen molar-refractivity contribution in [1.29, 1.82) is 0 Å². The third-order valence-electron chi connectivity index (χ3n) is 2.66. The second kappa shape index (κ2) is 3.65. The van der Waals surface area contributed by atoms with Gasteiger partial charge in [-0.3, -0.25) is 0 Å². The molecule has 3 N–H and O–H groups in total. The normalized spacial score (nSPS) is 49.0. The first kappa shape index (κ1) is 11.3. The van der Waals surface area contributed by atoms with E-state index in [1.54, 1.807) is 13.8 Å². The minimum absolute atomic E-state index is 0.370. The third-order valence-corrected chi connectivity index (χ3v) is 2.66. The van der Waals surface area contributed by atoms with E-state index in [4.69, 9.17) is 19.3 Å². The Morgan fingerprint density at radius 1 is 1.13 bits per heavy atom. The summed E-state index contributed by atoms with van der Waals surface area (Å²) in [7, 11) is 0. The highest BCUT2D eigenvalue weighted by Crippen LogP contribution is 2.36. The van der Waals surface area contributed by atoms with Crippen LogP contribution in [0.25, 0.3) is 0 Å². The van der Waals surface area contributed by atoms with Gasteiger partial charge >= 0.3 is 0 Å². The predicted molar refractivity (Wildman–Crippen MR) is 47.8 cm³/mol. The Labute approximate surface area is 87.4 Å². The minimum atomic E-state index is -1.18. The zero-order valence-corrected chi connectivity index (χ0v) is 8.66. The van der Waals surface area contributed by atoms with Gasteiger partial charge in [0.15, 0.2) is 12.1 Å². The van der Waals surface area contributed by atoms with Gasteiger partial charge in [0.2, 0.25) is 0 Å². The topological polar surface area (TPSA) is 88.4 Å². The van der Waals surface area contributed by atoms with Crippen LogP contribution in [-0.2, 0) is 14.2 Å². The van der Waals surface area contributed by atoms with E-state index in [-0.39, 0.29) is 6.61 Å². The lowest BCUT2D eigenvalue weighted by atomic mass is 9.99. The molecule has 0 bridgehead atoms. The smallest absolute Gasteiger partial charge is 0.184 e. The first-order chi connectivity index (χ1) is 6.94. The monoisotopic (exact) mass is 220 g/mol. The van der Waals surface area contributed by atoms with Crippen LogP contribution in [0.2, 0.25) is 0 Å². The molecule has 15 heavy (non-hydrogen) atoms. The van der Waals surface area contributed by atoms with Gasteiger partial charge in [-0.15, -0.1) is 0 Å². The highest BCUT2D eigenvalue weighted by Gasteiger charge is 2.54. The van der Waals surface area contributed by atoms with E-state index in [1.165, 1.54) is 0 Å². The van der Waals surface area contributed by atoms with Crippen molar-refractivity contribution < 1.29 is 29.5 Å². The van der Waals surface area contributed by atoms with E-state index >= 15 is 0 Å². The fourth-order valence-electron chi connectivity index (χ4n) is 2.00.